The number of carbonyl (C=O) groups excluding carboxylic acids is 2. The highest BCUT2D eigenvalue weighted by Crippen LogP contribution is 2.41. The van der Waals surface area contributed by atoms with Crippen LogP contribution >= 0.6 is 0 Å². The molecule has 1 aromatic carbocycles. The van der Waals surface area contributed by atoms with Crippen LogP contribution in [-0.2, 0) is 11.3 Å². The van der Waals surface area contributed by atoms with Gasteiger partial charge in [-0.3, -0.25) is 4.79 Å². The summed E-state index contributed by atoms with van der Waals surface area (Å²) in [6, 6.07) is 5.80. The summed E-state index contributed by atoms with van der Waals surface area (Å²) in [6.07, 6.45) is -0.731. The summed E-state index contributed by atoms with van der Waals surface area (Å²) in [5.74, 6) is -0.960. The SMILES string of the molecule is O=C1CC2(CN1)C[C@@H](N(C(=O)NCc1ccc(OC(F)(F)F)cc1F)C1CC1)CN(c1cccnn1)C2. The van der Waals surface area contributed by atoms with Gasteiger partial charge in [0, 0.05) is 61.9 Å². The number of carbonyl (C=O) groups is 2. The summed E-state index contributed by atoms with van der Waals surface area (Å²) in [6.45, 7) is 1.39. The Morgan fingerprint density at radius 1 is 1.27 bits per heavy atom. The van der Waals surface area contributed by atoms with Crippen molar-refractivity contribution >= 4 is 17.8 Å². The molecule has 3 aliphatic rings. The predicted molar refractivity (Wildman–Crippen MR) is 123 cm³/mol. The Bertz CT molecular complexity index is 1160. The fourth-order valence-corrected chi connectivity index (χ4v) is 5.30. The summed E-state index contributed by atoms with van der Waals surface area (Å²) >= 11 is 0. The quantitative estimate of drug-likeness (QED) is 0.566. The third kappa shape index (κ3) is 5.86. The zero-order chi connectivity index (χ0) is 26.2. The number of hydrogen-bond acceptors (Lipinski definition) is 6. The van der Waals surface area contributed by atoms with E-state index in [9.17, 15) is 27.2 Å². The number of urea groups is 1. The highest BCUT2D eigenvalue weighted by Gasteiger charge is 2.49. The van der Waals surface area contributed by atoms with E-state index in [1.165, 1.54) is 0 Å². The second-order valence-corrected chi connectivity index (χ2v) is 9.87. The van der Waals surface area contributed by atoms with E-state index >= 15 is 0 Å². The molecule has 2 N–H and O–H groups in total. The molecule has 1 saturated carbocycles. The zero-order valence-corrected chi connectivity index (χ0v) is 19.8. The monoisotopic (exact) mass is 522 g/mol. The molecule has 3 amide bonds. The molecule has 1 aromatic heterocycles. The molecule has 2 saturated heterocycles. The lowest BCUT2D eigenvalue weighted by Gasteiger charge is -2.47. The van der Waals surface area contributed by atoms with Gasteiger partial charge in [0.2, 0.25) is 5.91 Å². The summed E-state index contributed by atoms with van der Waals surface area (Å²) < 4.78 is 55.4. The number of alkyl halides is 3. The second-order valence-electron chi connectivity index (χ2n) is 9.87. The first-order valence-corrected chi connectivity index (χ1v) is 12.0. The number of benzene rings is 1. The van der Waals surface area contributed by atoms with Gasteiger partial charge in [0.15, 0.2) is 5.82 Å². The molecular weight excluding hydrogens is 496 g/mol. The molecule has 3 heterocycles. The molecule has 5 rings (SSSR count). The fourth-order valence-electron chi connectivity index (χ4n) is 5.30. The zero-order valence-electron chi connectivity index (χ0n) is 19.8. The predicted octanol–water partition coefficient (Wildman–Crippen LogP) is 2.97. The number of hydrogen-bond donors (Lipinski definition) is 2. The average Bonchev–Trinajstić information content (AvgIpc) is 3.61. The Labute approximate surface area is 210 Å². The van der Waals surface area contributed by atoms with Gasteiger partial charge in [0.05, 0.1) is 6.04 Å². The molecule has 0 radical (unpaired) electrons. The highest BCUT2D eigenvalue weighted by atomic mass is 19.4. The van der Waals surface area contributed by atoms with E-state index in [-0.39, 0.29) is 35.5 Å². The van der Waals surface area contributed by atoms with Crippen molar-refractivity contribution in [3.63, 3.8) is 0 Å². The van der Waals surface area contributed by atoms with Gasteiger partial charge in [-0.2, -0.15) is 5.10 Å². The van der Waals surface area contributed by atoms with Crippen molar-refractivity contribution in [2.24, 2.45) is 5.41 Å². The standard InChI is InChI=1S/C24H26F4N6O3/c25-19-8-18(37-24(26,27)28)6-3-15(19)11-29-22(36)34(16-4-5-16)17-9-23(10-21(35)30-13-23)14-33(12-17)20-2-1-7-31-32-20/h1-3,6-8,16-17H,4-5,9-14H2,(H,29,36)(H,30,35)/t17-,23?/m1/s1. The van der Waals surface area contributed by atoms with Crippen LogP contribution in [0.1, 0.15) is 31.2 Å². The van der Waals surface area contributed by atoms with Gasteiger partial charge in [-0.05, 0) is 37.5 Å². The molecule has 1 unspecified atom stereocenters. The third-order valence-corrected chi connectivity index (χ3v) is 6.96. The molecule has 1 aliphatic carbocycles. The molecule has 198 valence electrons. The Kier molecular flexibility index (Phi) is 6.54. The first-order valence-electron chi connectivity index (χ1n) is 12.0. The van der Waals surface area contributed by atoms with Crippen molar-refractivity contribution in [3.05, 3.63) is 47.9 Å². The van der Waals surface area contributed by atoms with Crippen LogP contribution in [0.5, 0.6) is 5.75 Å². The van der Waals surface area contributed by atoms with Crippen molar-refractivity contribution in [3.8, 4) is 5.75 Å². The third-order valence-electron chi connectivity index (χ3n) is 6.96. The Morgan fingerprint density at radius 2 is 2.08 bits per heavy atom. The summed E-state index contributed by atoms with van der Waals surface area (Å²) in [5, 5.41) is 13.8. The molecule has 13 heteroatoms. The Hall–Kier alpha value is -3.64. The molecule has 3 fully saturated rings. The molecule has 9 nitrogen and oxygen atoms in total. The number of nitrogens with zero attached hydrogens (tertiary/aromatic N) is 4. The summed E-state index contributed by atoms with van der Waals surface area (Å²) in [5.41, 5.74) is -0.337. The van der Waals surface area contributed by atoms with Crippen LogP contribution in [0.2, 0.25) is 0 Å². The van der Waals surface area contributed by atoms with Gasteiger partial charge in [0.1, 0.15) is 11.6 Å². The molecule has 2 aliphatic heterocycles. The van der Waals surface area contributed by atoms with Gasteiger partial charge >= 0.3 is 12.4 Å². The highest BCUT2D eigenvalue weighted by molar-refractivity contribution is 5.79. The van der Waals surface area contributed by atoms with Crippen LogP contribution in [0.3, 0.4) is 0 Å². The van der Waals surface area contributed by atoms with E-state index in [0.29, 0.717) is 44.4 Å². The first-order chi connectivity index (χ1) is 17.6. The van der Waals surface area contributed by atoms with Crippen molar-refractivity contribution in [2.45, 2.75) is 50.7 Å². The first kappa shape index (κ1) is 25.0. The van der Waals surface area contributed by atoms with E-state index < -0.39 is 24.0 Å². The van der Waals surface area contributed by atoms with E-state index in [1.54, 1.807) is 17.2 Å². The smallest absolute Gasteiger partial charge is 0.406 e. The van der Waals surface area contributed by atoms with Crippen LogP contribution < -0.4 is 20.3 Å². The molecular formula is C24H26F4N6O3. The largest absolute Gasteiger partial charge is 0.573 e. The van der Waals surface area contributed by atoms with Gasteiger partial charge in [0.25, 0.3) is 0 Å². The number of nitrogens with one attached hydrogen (secondary N) is 2. The average molecular weight is 523 g/mol. The number of aromatic nitrogens is 2. The number of ether oxygens (including phenoxy) is 1. The number of amides is 3. The minimum absolute atomic E-state index is 0.0151. The minimum Gasteiger partial charge on any atom is -0.406 e. The maximum Gasteiger partial charge on any atom is 0.573 e. The summed E-state index contributed by atoms with van der Waals surface area (Å²) in [7, 11) is 0. The van der Waals surface area contributed by atoms with Gasteiger partial charge in [-0.25, -0.2) is 9.18 Å². The van der Waals surface area contributed by atoms with Crippen molar-refractivity contribution in [1.29, 1.82) is 0 Å². The number of piperidine rings is 1. The van der Waals surface area contributed by atoms with Crippen LogP contribution in [0.15, 0.2) is 36.5 Å². The van der Waals surface area contributed by atoms with Gasteiger partial charge in [-0.1, -0.05) is 6.07 Å². The molecule has 2 atom stereocenters. The second kappa shape index (κ2) is 9.67. The van der Waals surface area contributed by atoms with Crippen LogP contribution in [0, 0.1) is 11.2 Å². The van der Waals surface area contributed by atoms with E-state index in [4.69, 9.17) is 0 Å². The summed E-state index contributed by atoms with van der Waals surface area (Å²) in [4.78, 5) is 29.3. The molecule has 2 aromatic rings. The molecule has 0 bridgehead atoms. The Balaban J connectivity index is 1.31. The van der Waals surface area contributed by atoms with Crippen LogP contribution in [0.4, 0.5) is 28.2 Å². The van der Waals surface area contributed by atoms with Crippen LogP contribution in [-0.4, -0.2) is 65.1 Å². The maximum atomic E-state index is 14.4. The van der Waals surface area contributed by atoms with E-state index in [2.05, 4.69) is 25.6 Å². The number of anilines is 1. The van der Waals surface area contributed by atoms with Crippen molar-refractivity contribution in [2.75, 3.05) is 24.5 Å². The molecule has 1 spiro atoms. The normalized spacial score (nSPS) is 23.6. The lowest BCUT2D eigenvalue weighted by atomic mass is 9.76. The minimum atomic E-state index is -4.93. The Morgan fingerprint density at radius 3 is 2.70 bits per heavy atom. The molecule has 37 heavy (non-hydrogen) atoms. The topological polar surface area (TPSA) is 99.7 Å². The fraction of sp³-hybridized carbons (Fsp3) is 0.500. The lowest BCUT2D eigenvalue weighted by Crippen LogP contribution is -2.59. The van der Waals surface area contributed by atoms with Crippen molar-refractivity contribution in [1.82, 2.24) is 25.7 Å². The van der Waals surface area contributed by atoms with E-state index in [1.807, 2.05) is 11.0 Å². The van der Waals surface area contributed by atoms with Gasteiger partial charge < -0.3 is 25.2 Å². The number of rotatable bonds is 6. The maximum absolute atomic E-state index is 14.4. The lowest BCUT2D eigenvalue weighted by molar-refractivity contribution is -0.274. The van der Waals surface area contributed by atoms with Gasteiger partial charge in [-0.15, -0.1) is 18.3 Å². The van der Waals surface area contributed by atoms with E-state index in [0.717, 1.165) is 25.0 Å². The van der Waals surface area contributed by atoms with Crippen LogP contribution in [0.25, 0.3) is 0 Å². The number of halogens is 4. The van der Waals surface area contributed by atoms with Crippen molar-refractivity contribution < 1.29 is 31.9 Å².